The van der Waals surface area contributed by atoms with Crippen LogP contribution in [0.1, 0.15) is 24.2 Å². The lowest BCUT2D eigenvalue weighted by molar-refractivity contribution is -0.121. The fraction of sp³-hybridized carbons (Fsp3) is 0.438. The molecule has 1 fully saturated rings. The highest BCUT2D eigenvalue weighted by Crippen LogP contribution is 2.19. The summed E-state index contributed by atoms with van der Waals surface area (Å²) in [4.78, 5) is 26.1. The minimum absolute atomic E-state index is 0.0817. The molecular formula is C16H20N4O4. The Hall–Kier alpha value is -2.77. The number of urea groups is 1. The number of likely N-dealkylation sites (tertiary alicyclic amines) is 1. The van der Waals surface area contributed by atoms with Gasteiger partial charge in [0, 0.05) is 37.2 Å². The normalized spacial score (nSPS) is 15.3. The average molecular weight is 332 g/mol. The van der Waals surface area contributed by atoms with Crippen molar-refractivity contribution in [2.45, 2.75) is 26.3 Å². The first kappa shape index (κ1) is 16.1. The van der Waals surface area contributed by atoms with E-state index in [-0.39, 0.29) is 17.9 Å². The molecule has 1 saturated heterocycles. The number of hydrogen-bond donors (Lipinski definition) is 2. The van der Waals surface area contributed by atoms with Crippen LogP contribution in [0.15, 0.2) is 33.6 Å². The smallest absolute Gasteiger partial charge is 0.317 e. The summed E-state index contributed by atoms with van der Waals surface area (Å²) < 4.78 is 9.89. The molecule has 0 aromatic carbocycles. The predicted molar refractivity (Wildman–Crippen MR) is 85.1 cm³/mol. The van der Waals surface area contributed by atoms with Gasteiger partial charge in [0.1, 0.15) is 5.76 Å². The van der Waals surface area contributed by atoms with E-state index >= 15 is 0 Å². The molecule has 0 spiro atoms. The highest BCUT2D eigenvalue weighted by atomic mass is 16.5. The molecule has 0 unspecified atom stereocenters. The van der Waals surface area contributed by atoms with Crippen molar-refractivity contribution in [1.82, 2.24) is 15.4 Å². The van der Waals surface area contributed by atoms with E-state index in [1.165, 1.54) is 0 Å². The van der Waals surface area contributed by atoms with Crippen LogP contribution in [0.25, 0.3) is 0 Å². The molecule has 2 N–H and O–H groups in total. The van der Waals surface area contributed by atoms with Crippen molar-refractivity contribution in [2.24, 2.45) is 5.92 Å². The number of anilines is 1. The van der Waals surface area contributed by atoms with Crippen molar-refractivity contribution in [3.8, 4) is 0 Å². The third-order valence-electron chi connectivity index (χ3n) is 4.06. The molecule has 1 aliphatic heterocycles. The number of nitrogens with zero attached hydrogens (tertiary/aromatic N) is 2. The number of furan rings is 1. The minimum Gasteiger partial charge on any atom is -0.472 e. The van der Waals surface area contributed by atoms with Crippen LogP contribution >= 0.6 is 0 Å². The van der Waals surface area contributed by atoms with Gasteiger partial charge in [-0.25, -0.2) is 4.79 Å². The van der Waals surface area contributed by atoms with E-state index in [1.807, 2.05) is 6.07 Å². The molecule has 8 nitrogen and oxygen atoms in total. The Morgan fingerprint density at radius 2 is 2.17 bits per heavy atom. The molecule has 3 rings (SSSR count). The molecule has 1 aliphatic rings. The molecule has 8 heteroatoms. The zero-order valence-electron chi connectivity index (χ0n) is 13.4. The summed E-state index contributed by atoms with van der Waals surface area (Å²) in [6.45, 7) is 3.30. The van der Waals surface area contributed by atoms with Crippen molar-refractivity contribution in [3.05, 3.63) is 36.0 Å². The zero-order chi connectivity index (χ0) is 16.9. The minimum atomic E-state index is -0.125. The summed E-state index contributed by atoms with van der Waals surface area (Å²) in [6.07, 6.45) is 4.42. The lowest BCUT2D eigenvalue weighted by Gasteiger charge is -2.31. The molecule has 0 atom stereocenters. The fourth-order valence-corrected chi connectivity index (χ4v) is 2.68. The second-order valence-corrected chi connectivity index (χ2v) is 5.86. The van der Waals surface area contributed by atoms with Gasteiger partial charge in [-0.3, -0.25) is 4.79 Å². The number of carbonyl (C=O) groups excluding carboxylic acids is 2. The lowest BCUT2D eigenvalue weighted by atomic mass is 9.96. The molecule has 2 aromatic heterocycles. The van der Waals surface area contributed by atoms with Crippen LogP contribution in [-0.2, 0) is 11.3 Å². The molecule has 3 heterocycles. The number of nitrogens with one attached hydrogen (secondary N) is 2. The van der Waals surface area contributed by atoms with Crippen LogP contribution < -0.4 is 10.6 Å². The van der Waals surface area contributed by atoms with Gasteiger partial charge in [-0.15, -0.1) is 0 Å². The predicted octanol–water partition coefficient (Wildman–Crippen LogP) is 2.14. The van der Waals surface area contributed by atoms with Gasteiger partial charge in [0.25, 0.3) is 0 Å². The average Bonchev–Trinajstić information content (AvgIpc) is 3.24. The molecule has 24 heavy (non-hydrogen) atoms. The van der Waals surface area contributed by atoms with Crippen LogP contribution in [0, 0.1) is 12.8 Å². The van der Waals surface area contributed by atoms with Gasteiger partial charge >= 0.3 is 6.03 Å². The molecule has 2 aromatic rings. The van der Waals surface area contributed by atoms with Crippen molar-refractivity contribution >= 4 is 17.8 Å². The molecule has 0 bridgehead atoms. The quantitative estimate of drug-likeness (QED) is 0.893. The maximum absolute atomic E-state index is 12.2. The highest BCUT2D eigenvalue weighted by molar-refractivity contribution is 5.91. The third-order valence-corrected chi connectivity index (χ3v) is 4.06. The third kappa shape index (κ3) is 3.95. The maximum atomic E-state index is 12.2. The van der Waals surface area contributed by atoms with Gasteiger partial charge in [0.05, 0.1) is 12.5 Å². The Morgan fingerprint density at radius 3 is 2.79 bits per heavy atom. The van der Waals surface area contributed by atoms with E-state index in [0.717, 1.165) is 5.56 Å². The zero-order valence-corrected chi connectivity index (χ0v) is 13.4. The highest BCUT2D eigenvalue weighted by Gasteiger charge is 2.27. The van der Waals surface area contributed by atoms with Crippen LogP contribution in [0.5, 0.6) is 0 Å². The monoisotopic (exact) mass is 332 g/mol. The molecular weight excluding hydrogens is 312 g/mol. The van der Waals surface area contributed by atoms with Gasteiger partial charge in [-0.05, 0) is 25.8 Å². The number of hydrogen-bond acceptors (Lipinski definition) is 5. The SMILES string of the molecule is Cc1cc(NC(=O)C2CCN(C(=O)NCc3ccoc3)CC2)no1. The number of piperidine rings is 1. The number of aromatic nitrogens is 1. The van der Waals surface area contributed by atoms with E-state index in [2.05, 4.69) is 15.8 Å². The fourth-order valence-electron chi connectivity index (χ4n) is 2.68. The Balaban J connectivity index is 1.43. The number of aryl methyl sites for hydroxylation is 1. The van der Waals surface area contributed by atoms with Gasteiger partial charge < -0.3 is 24.5 Å². The van der Waals surface area contributed by atoms with Gasteiger partial charge in [0.2, 0.25) is 5.91 Å². The van der Waals surface area contributed by atoms with Crippen LogP contribution in [0.3, 0.4) is 0 Å². The summed E-state index contributed by atoms with van der Waals surface area (Å²) >= 11 is 0. The van der Waals surface area contributed by atoms with E-state index in [4.69, 9.17) is 8.94 Å². The van der Waals surface area contributed by atoms with E-state index < -0.39 is 0 Å². The first-order valence-electron chi connectivity index (χ1n) is 7.90. The van der Waals surface area contributed by atoms with Crippen molar-refractivity contribution < 1.29 is 18.5 Å². The summed E-state index contributed by atoms with van der Waals surface area (Å²) in [6, 6.07) is 3.36. The molecule has 0 aliphatic carbocycles. The Bertz CT molecular complexity index is 687. The van der Waals surface area contributed by atoms with E-state index in [0.29, 0.717) is 44.1 Å². The number of amides is 3. The largest absolute Gasteiger partial charge is 0.472 e. The number of carbonyl (C=O) groups is 2. The van der Waals surface area contributed by atoms with Crippen molar-refractivity contribution in [3.63, 3.8) is 0 Å². The van der Waals surface area contributed by atoms with Gasteiger partial charge in [-0.1, -0.05) is 5.16 Å². The van der Waals surface area contributed by atoms with E-state index in [1.54, 1.807) is 30.4 Å². The summed E-state index contributed by atoms with van der Waals surface area (Å²) in [5, 5.41) is 9.35. The van der Waals surface area contributed by atoms with Gasteiger partial charge in [-0.2, -0.15) is 0 Å². The first-order chi connectivity index (χ1) is 11.6. The molecule has 0 radical (unpaired) electrons. The molecule has 128 valence electrons. The Labute approximate surface area is 139 Å². The van der Waals surface area contributed by atoms with Crippen molar-refractivity contribution in [1.29, 1.82) is 0 Å². The topological polar surface area (TPSA) is 101 Å². The molecule has 0 saturated carbocycles. The van der Waals surface area contributed by atoms with Crippen LogP contribution in [-0.4, -0.2) is 35.1 Å². The van der Waals surface area contributed by atoms with Gasteiger partial charge in [0.15, 0.2) is 5.82 Å². The lowest BCUT2D eigenvalue weighted by Crippen LogP contribution is -2.45. The standard InChI is InChI=1S/C16H20N4O4/c1-11-8-14(19-24-11)18-15(21)13-2-5-20(6-3-13)16(22)17-9-12-4-7-23-10-12/h4,7-8,10,13H,2-3,5-6,9H2,1H3,(H,17,22)(H,18,19,21). The second-order valence-electron chi connectivity index (χ2n) is 5.86. The molecule has 3 amide bonds. The summed E-state index contributed by atoms with van der Waals surface area (Å²) in [5.74, 6) is 0.869. The Kier molecular flexibility index (Phi) is 4.83. The van der Waals surface area contributed by atoms with Crippen LogP contribution in [0.4, 0.5) is 10.6 Å². The van der Waals surface area contributed by atoms with E-state index in [9.17, 15) is 9.59 Å². The maximum Gasteiger partial charge on any atom is 0.317 e. The number of rotatable bonds is 4. The summed E-state index contributed by atoms with van der Waals surface area (Å²) in [7, 11) is 0. The first-order valence-corrected chi connectivity index (χ1v) is 7.90. The Morgan fingerprint density at radius 1 is 1.38 bits per heavy atom. The summed E-state index contributed by atoms with van der Waals surface area (Å²) in [5.41, 5.74) is 0.917. The second kappa shape index (κ2) is 7.20. The van der Waals surface area contributed by atoms with Crippen molar-refractivity contribution in [2.75, 3.05) is 18.4 Å². The van der Waals surface area contributed by atoms with Crippen LogP contribution in [0.2, 0.25) is 0 Å².